The molecular weight excluding hydrogens is 268 g/mol. The quantitative estimate of drug-likeness (QED) is 0.427. The van der Waals surface area contributed by atoms with Gasteiger partial charge in [-0.1, -0.05) is 0 Å². The molecule has 0 aromatic carbocycles. The molecule has 1 rings (SSSR count). The Bertz CT molecular complexity index is 351. The van der Waals surface area contributed by atoms with Gasteiger partial charge in [-0.15, -0.1) is 0 Å². The Morgan fingerprint density at radius 3 is 1.79 bits per heavy atom. The predicted octanol–water partition coefficient (Wildman–Crippen LogP) is 0.677. The number of quaternary nitrogens is 1. The molecule has 0 aromatic rings. The number of urea groups is 1. The second-order valence-corrected chi connectivity index (χ2v) is 6.83. The van der Waals surface area contributed by atoms with Gasteiger partial charge in [0.05, 0.1) is 21.1 Å². The van der Waals surface area contributed by atoms with Crippen molar-refractivity contribution < 1.29 is 14.1 Å². The molecule has 0 N–H and O–H groups in total. The maximum atomic E-state index is 11.9. The van der Waals surface area contributed by atoms with Crippen LogP contribution in [0.15, 0.2) is 0 Å². The number of imide groups is 1. The Balaban J connectivity index is 0.000000711. The SMILES string of the molecule is CN(C)C.CN1C(=O)N(Cl)C(C)(C[N+](C)(C)C)C1=O. The fourth-order valence-corrected chi connectivity index (χ4v) is 2.17. The molecule has 1 saturated heterocycles. The van der Waals surface area contributed by atoms with Crippen LogP contribution in [-0.4, -0.2) is 92.1 Å². The number of hydrogen-bond donors (Lipinski definition) is 0. The number of rotatable bonds is 2. The summed E-state index contributed by atoms with van der Waals surface area (Å²) < 4.78 is 1.56. The van der Waals surface area contributed by atoms with Crippen molar-refractivity contribution in [3.8, 4) is 0 Å². The molecule has 0 aliphatic carbocycles. The van der Waals surface area contributed by atoms with Crippen LogP contribution in [0, 0.1) is 0 Å². The standard InChI is InChI=1S/C9H17ClN3O2.C3H9N/c1-9(6-13(3,4)5)7(14)11(2)8(15)12(9)10;1-4(2)3/h6H2,1-5H3;1-3H3/q+1;. The van der Waals surface area contributed by atoms with Gasteiger partial charge in [0.2, 0.25) is 0 Å². The maximum absolute atomic E-state index is 11.9. The van der Waals surface area contributed by atoms with E-state index in [1.807, 2.05) is 47.2 Å². The van der Waals surface area contributed by atoms with Crippen LogP contribution < -0.4 is 0 Å². The van der Waals surface area contributed by atoms with Crippen molar-refractivity contribution in [3.63, 3.8) is 0 Å². The van der Waals surface area contributed by atoms with Crippen LogP contribution in [0.4, 0.5) is 4.79 Å². The summed E-state index contributed by atoms with van der Waals surface area (Å²) in [5.74, 6) is -0.254. The average Bonchev–Trinajstić information content (AvgIpc) is 2.32. The summed E-state index contributed by atoms with van der Waals surface area (Å²) >= 11 is 5.88. The van der Waals surface area contributed by atoms with E-state index in [0.29, 0.717) is 11.0 Å². The Labute approximate surface area is 121 Å². The van der Waals surface area contributed by atoms with Crippen molar-refractivity contribution in [2.75, 3.05) is 55.9 Å². The lowest BCUT2D eigenvalue weighted by Crippen LogP contribution is -2.55. The van der Waals surface area contributed by atoms with Gasteiger partial charge >= 0.3 is 6.03 Å². The molecule has 0 aromatic heterocycles. The zero-order valence-electron chi connectivity index (χ0n) is 13.2. The molecule has 0 radical (unpaired) electrons. The molecule has 7 heteroatoms. The Kier molecular flexibility index (Phi) is 5.80. The normalized spacial score (nSPS) is 23.9. The fourth-order valence-electron chi connectivity index (χ4n) is 1.93. The van der Waals surface area contributed by atoms with E-state index < -0.39 is 11.6 Å². The van der Waals surface area contributed by atoms with E-state index in [9.17, 15) is 9.59 Å². The highest BCUT2D eigenvalue weighted by Gasteiger charge is 2.55. The molecular formula is C12H26ClN4O2+. The van der Waals surface area contributed by atoms with E-state index in [4.69, 9.17) is 11.8 Å². The van der Waals surface area contributed by atoms with Gasteiger partial charge in [-0.25, -0.2) is 9.21 Å². The summed E-state index contributed by atoms with van der Waals surface area (Å²) in [4.78, 5) is 26.5. The number of carbonyl (C=O) groups excluding carboxylic acids is 2. The Morgan fingerprint density at radius 1 is 1.21 bits per heavy atom. The molecule has 0 bridgehead atoms. The first kappa shape index (κ1) is 18.1. The van der Waals surface area contributed by atoms with Gasteiger partial charge in [0.1, 0.15) is 6.54 Å². The molecule has 1 heterocycles. The van der Waals surface area contributed by atoms with Crippen LogP contribution in [0.3, 0.4) is 0 Å². The first-order chi connectivity index (χ1) is 8.33. The first-order valence-corrected chi connectivity index (χ1v) is 6.36. The number of likely N-dealkylation sites (N-methyl/N-ethyl adjacent to an activating group) is 2. The van der Waals surface area contributed by atoms with Gasteiger partial charge in [0.15, 0.2) is 5.54 Å². The van der Waals surface area contributed by atoms with Crippen LogP contribution in [-0.2, 0) is 4.79 Å². The van der Waals surface area contributed by atoms with Gasteiger partial charge in [0, 0.05) is 18.8 Å². The third-order valence-corrected chi connectivity index (χ3v) is 2.95. The summed E-state index contributed by atoms with van der Waals surface area (Å²) in [6.45, 7) is 2.17. The van der Waals surface area contributed by atoms with E-state index in [0.717, 1.165) is 9.32 Å². The summed E-state index contributed by atoms with van der Waals surface area (Å²) in [6, 6.07) is -0.461. The van der Waals surface area contributed by atoms with Crippen LogP contribution in [0.2, 0.25) is 0 Å². The van der Waals surface area contributed by atoms with Crippen LogP contribution in [0.5, 0.6) is 0 Å². The molecule has 1 aliphatic rings. The zero-order valence-corrected chi connectivity index (χ0v) is 13.9. The molecule has 112 valence electrons. The van der Waals surface area contributed by atoms with Crippen molar-refractivity contribution in [3.05, 3.63) is 0 Å². The molecule has 1 atom stereocenters. The minimum Gasteiger partial charge on any atom is -0.328 e. The molecule has 1 unspecified atom stereocenters. The minimum atomic E-state index is -0.953. The van der Waals surface area contributed by atoms with Gasteiger partial charge < -0.3 is 9.38 Å². The fraction of sp³-hybridized carbons (Fsp3) is 0.833. The van der Waals surface area contributed by atoms with Gasteiger partial charge in [-0.2, -0.15) is 0 Å². The van der Waals surface area contributed by atoms with Crippen LogP contribution in [0.25, 0.3) is 0 Å². The van der Waals surface area contributed by atoms with Crippen molar-refractivity contribution >= 4 is 23.7 Å². The third-order valence-electron chi connectivity index (χ3n) is 2.44. The number of amides is 3. The highest BCUT2D eigenvalue weighted by molar-refractivity contribution is 6.28. The number of halogens is 1. The van der Waals surface area contributed by atoms with Crippen molar-refractivity contribution in [2.45, 2.75) is 12.5 Å². The predicted molar refractivity (Wildman–Crippen MR) is 76.8 cm³/mol. The lowest BCUT2D eigenvalue weighted by atomic mass is 10.0. The lowest BCUT2D eigenvalue weighted by Gasteiger charge is -2.34. The minimum absolute atomic E-state index is 0.254. The van der Waals surface area contributed by atoms with Crippen LogP contribution >= 0.6 is 11.8 Å². The third kappa shape index (κ3) is 4.63. The molecule has 1 fully saturated rings. The monoisotopic (exact) mass is 293 g/mol. The summed E-state index contributed by atoms with van der Waals surface area (Å²) in [5.41, 5.74) is -0.953. The number of nitrogens with zero attached hydrogens (tertiary/aromatic N) is 4. The highest BCUT2D eigenvalue weighted by Crippen LogP contribution is 2.30. The summed E-state index contributed by atoms with van der Waals surface area (Å²) in [5, 5.41) is 0. The lowest BCUT2D eigenvalue weighted by molar-refractivity contribution is -0.873. The largest absolute Gasteiger partial charge is 0.342 e. The number of carbonyl (C=O) groups is 2. The van der Waals surface area contributed by atoms with E-state index in [2.05, 4.69) is 0 Å². The molecule has 0 saturated carbocycles. The van der Waals surface area contributed by atoms with Crippen LogP contribution in [0.1, 0.15) is 6.92 Å². The molecule has 19 heavy (non-hydrogen) atoms. The molecule has 6 nitrogen and oxygen atoms in total. The van der Waals surface area contributed by atoms with Crippen molar-refractivity contribution in [2.24, 2.45) is 0 Å². The summed E-state index contributed by atoms with van der Waals surface area (Å²) in [7, 11) is 13.3. The first-order valence-electron chi connectivity index (χ1n) is 6.02. The van der Waals surface area contributed by atoms with Gasteiger partial charge in [-0.3, -0.25) is 9.69 Å². The van der Waals surface area contributed by atoms with Crippen molar-refractivity contribution in [1.82, 2.24) is 14.2 Å². The summed E-state index contributed by atoms with van der Waals surface area (Å²) in [6.07, 6.45) is 0. The molecule has 1 aliphatic heterocycles. The average molecular weight is 294 g/mol. The van der Waals surface area contributed by atoms with Crippen molar-refractivity contribution in [1.29, 1.82) is 0 Å². The van der Waals surface area contributed by atoms with E-state index in [1.54, 1.807) is 6.92 Å². The Hall–Kier alpha value is -0.850. The molecule has 0 spiro atoms. The topological polar surface area (TPSA) is 43.9 Å². The second-order valence-electron chi connectivity index (χ2n) is 6.49. The maximum Gasteiger partial charge on any atom is 0.342 e. The van der Waals surface area contributed by atoms with E-state index in [1.165, 1.54) is 7.05 Å². The van der Waals surface area contributed by atoms with Gasteiger partial charge in [0.25, 0.3) is 5.91 Å². The highest BCUT2D eigenvalue weighted by atomic mass is 35.5. The van der Waals surface area contributed by atoms with E-state index >= 15 is 0 Å². The smallest absolute Gasteiger partial charge is 0.328 e. The number of hydrogen-bond acceptors (Lipinski definition) is 3. The zero-order chi connectivity index (χ0) is 15.6. The molecule has 3 amide bonds. The van der Waals surface area contributed by atoms with Gasteiger partial charge in [-0.05, 0) is 28.1 Å². The van der Waals surface area contributed by atoms with E-state index in [-0.39, 0.29) is 5.91 Å². The Morgan fingerprint density at radius 2 is 1.58 bits per heavy atom. The second kappa shape index (κ2) is 6.07.